The number of halogens is 4. The molecule has 0 bridgehead atoms. The number of fused-ring (bicyclic) bond motifs is 5. The summed E-state index contributed by atoms with van der Waals surface area (Å²) in [5, 5.41) is 10.7. The fraction of sp³-hybridized carbons (Fsp3) is 0. The van der Waals surface area contributed by atoms with Crippen molar-refractivity contribution in [3.05, 3.63) is 138 Å². The van der Waals surface area contributed by atoms with Gasteiger partial charge in [0.15, 0.2) is 34.4 Å². The Morgan fingerprint density at radius 1 is 0.551 bits per heavy atom. The summed E-state index contributed by atoms with van der Waals surface area (Å²) in [6.45, 7) is 0. The maximum Gasteiger partial charge on any atom is 0.227 e. The number of nitriles is 1. The smallest absolute Gasteiger partial charge is 0.227 e. The summed E-state index contributed by atoms with van der Waals surface area (Å²) in [6, 6.07) is 33.7. The van der Waals surface area contributed by atoms with Crippen molar-refractivity contribution in [3.8, 4) is 45.8 Å². The molecule has 0 fully saturated rings. The van der Waals surface area contributed by atoms with Gasteiger partial charge < -0.3 is 13.4 Å². The zero-order chi connectivity index (χ0) is 33.4. The van der Waals surface area contributed by atoms with E-state index in [1.807, 2.05) is 89.5 Å². The van der Waals surface area contributed by atoms with Gasteiger partial charge in [-0.1, -0.05) is 36.4 Å². The molecule has 0 saturated carbocycles. The second-order valence-electron chi connectivity index (χ2n) is 11.4. The van der Waals surface area contributed by atoms with Gasteiger partial charge in [0.1, 0.15) is 22.7 Å². The molecule has 234 valence electrons. The molecule has 0 N–H and O–H groups in total. The second-order valence-corrected chi connectivity index (χ2v) is 11.4. The number of rotatable bonds is 4. The monoisotopic (exact) mass is 650 g/mol. The lowest BCUT2D eigenvalue weighted by Crippen LogP contribution is -2.04. The molecule has 6 nitrogen and oxygen atoms in total. The Morgan fingerprint density at radius 3 is 1.49 bits per heavy atom. The fourth-order valence-electron chi connectivity index (χ4n) is 6.32. The normalized spacial score (nSPS) is 11.7. The SMILES string of the molecule is N#Cc1c(F)c(F)c(-c2ccc(-n3c4ccc(-c5nc6ccccc6o5)cc4c4cc(-c5nc6ccccc6o5)ccc43)cc2)c(F)c1F. The van der Waals surface area contributed by atoms with Gasteiger partial charge in [0, 0.05) is 27.6 Å². The number of hydrogen-bond acceptors (Lipinski definition) is 5. The van der Waals surface area contributed by atoms with E-state index in [1.54, 1.807) is 12.1 Å². The Hall–Kier alpha value is -6.73. The van der Waals surface area contributed by atoms with Crippen LogP contribution in [0.1, 0.15) is 5.56 Å². The number of para-hydroxylation sites is 4. The fourth-order valence-corrected chi connectivity index (χ4v) is 6.32. The van der Waals surface area contributed by atoms with Crippen molar-refractivity contribution >= 4 is 44.0 Å². The Labute approximate surface area is 273 Å². The summed E-state index contributed by atoms with van der Waals surface area (Å²) in [6.07, 6.45) is 0. The molecular formula is C39H18F4N4O2. The molecule has 9 aromatic rings. The molecule has 6 aromatic carbocycles. The molecule has 3 aromatic heterocycles. The summed E-state index contributed by atoms with van der Waals surface area (Å²) < 4.78 is 72.8. The number of hydrogen-bond donors (Lipinski definition) is 0. The van der Waals surface area contributed by atoms with E-state index in [4.69, 9.17) is 14.1 Å². The first kappa shape index (κ1) is 28.5. The molecule has 0 amide bonds. The van der Waals surface area contributed by atoms with Crippen LogP contribution >= 0.6 is 0 Å². The third-order valence-corrected chi connectivity index (χ3v) is 8.64. The van der Waals surface area contributed by atoms with E-state index in [2.05, 4.69) is 9.97 Å². The molecule has 0 atom stereocenters. The van der Waals surface area contributed by atoms with Gasteiger partial charge in [-0.25, -0.2) is 27.5 Å². The molecule has 0 radical (unpaired) electrons. The molecule has 0 unspecified atom stereocenters. The lowest BCUT2D eigenvalue weighted by atomic mass is 10.0. The minimum atomic E-state index is -1.74. The van der Waals surface area contributed by atoms with E-state index in [0.29, 0.717) is 28.6 Å². The van der Waals surface area contributed by atoms with Crippen molar-refractivity contribution in [1.82, 2.24) is 14.5 Å². The molecule has 0 aliphatic rings. The van der Waals surface area contributed by atoms with Gasteiger partial charge in [0.05, 0.1) is 16.6 Å². The van der Waals surface area contributed by atoms with Crippen LogP contribution in [0, 0.1) is 34.6 Å². The number of benzene rings is 6. The minimum absolute atomic E-state index is 0.0988. The predicted molar refractivity (Wildman–Crippen MR) is 177 cm³/mol. The highest BCUT2D eigenvalue weighted by Gasteiger charge is 2.26. The molecule has 0 spiro atoms. The summed E-state index contributed by atoms with van der Waals surface area (Å²) in [5.74, 6) is -5.86. The topological polar surface area (TPSA) is 80.8 Å². The molecule has 0 aliphatic heterocycles. The highest BCUT2D eigenvalue weighted by Crippen LogP contribution is 2.39. The average molecular weight is 651 g/mol. The largest absolute Gasteiger partial charge is 0.436 e. The van der Waals surface area contributed by atoms with Gasteiger partial charge in [-0.3, -0.25) is 0 Å². The Bertz CT molecular complexity index is 2620. The molecule has 49 heavy (non-hydrogen) atoms. The Balaban J connectivity index is 1.23. The maximum absolute atomic E-state index is 14.9. The maximum atomic E-state index is 14.9. The van der Waals surface area contributed by atoms with E-state index >= 15 is 0 Å². The van der Waals surface area contributed by atoms with Gasteiger partial charge in [0.2, 0.25) is 11.8 Å². The van der Waals surface area contributed by atoms with Crippen molar-refractivity contribution in [2.45, 2.75) is 0 Å². The van der Waals surface area contributed by atoms with Gasteiger partial charge in [0.25, 0.3) is 0 Å². The first-order valence-corrected chi connectivity index (χ1v) is 15.1. The highest BCUT2D eigenvalue weighted by molar-refractivity contribution is 6.11. The van der Waals surface area contributed by atoms with Crippen molar-refractivity contribution in [1.29, 1.82) is 5.26 Å². The van der Waals surface area contributed by atoms with Crippen LogP contribution in [-0.4, -0.2) is 14.5 Å². The Kier molecular flexibility index (Phi) is 6.19. The molecular weight excluding hydrogens is 632 g/mol. The zero-order valence-electron chi connectivity index (χ0n) is 25.0. The standard InChI is InChI=1S/C39H18F4N4O2/c40-34-26(19-44)35(41)37(43)33(36(34)42)20-9-13-23(14-10-20)47-29-15-11-21(38-45-27-5-1-3-7-31(27)48-38)17-24(29)25-18-22(12-16-30(25)47)39-46-28-6-2-4-8-32(28)49-39/h1-18H. The summed E-state index contributed by atoms with van der Waals surface area (Å²) in [4.78, 5) is 9.34. The molecule has 9 rings (SSSR count). The molecule has 3 heterocycles. The van der Waals surface area contributed by atoms with Crippen molar-refractivity contribution in [2.24, 2.45) is 0 Å². The van der Waals surface area contributed by atoms with Crippen LogP contribution in [0.15, 0.2) is 118 Å². The van der Waals surface area contributed by atoms with Gasteiger partial charge in [-0.05, 0) is 78.4 Å². The number of oxazole rings is 2. The highest BCUT2D eigenvalue weighted by atomic mass is 19.2. The second kappa shape index (κ2) is 10.7. The van der Waals surface area contributed by atoms with E-state index in [9.17, 15) is 17.6 Å². The minimum Gasteiger partial charge on any atom is -0.436 e. The van der Waals surface area contributed by atoms with E-state index in [-0.39, 0.29) is 5.56 Å². The van der Waals surface area contributed by atoms with Gasteiger partial charge in [-0.15, -0.1) is 0 Å². The van der Waals surface area contributed by atoms with Crippen LogP contribution in [0.5, 0.6) is 0 Å². The third-order valence-electron chi connectivity index (χ3n) is 8.64. The molecule has 0 saturated heterocycles. The van der Waals surface area contributed by atoms with Crippen molar-refractivity contribution < 1.29 is 26.4 Å². The van der Waals surface area contributed by atoms with E-state index in [0.717, 1.165) is 44.0 Å². The molecule has 0 aliphatic carbocycles. The first-order valence-electron chi connectivity index (χ1n) is 15.1. The van der Waals surface area contributed by atoms with Crippen molar-refractivity contribution in [2.75, 3.05) is 0 Å². The lowest BCUT2D eigenvalue weighted by Gasteiger charge is -2.12. The van der Waals surface area contributed by atoms with Crippen LogP contribution < -0.4 is 0 Å². The van der Waals surface area contributed by atoms with Crippen LogP contribution in [-0.2, 0) is 0 Å². The first-order chi connectivity index (χ1) is 23.9. The number of nitrogens with zero attached hydrogens (tertiary/aromatic N) is 4. The quantitative estimate of drug-likeness (QED) is 0.140. The average Bonchev–Trinajstić information content (AvgIpc) is 3.85. The van der Waals surface area contributed by atoms with Gasteiger partial charge >= 0.3 is 0 Å². The lowest BCUT2D eigenvalue weighted by molar-refractivity contribution is 0.454. The number of aromatic nitrogens is 3. The van der Waals surface area contributed by atoms with E-state index < -0.39 is 34.4 Å². The zero-order valence-corrected chi connectivity index (χ0v) is 25.0. The van der Waals surface area contributed by atoms with Crippen molar-refractivity contribution in [3.63, 3.8) is 0 Å². The summed E-state index contributed by atoms with van der Waals surface area (Å²) >= 11 is 0. The predicted octanol–water partition coefficient (Wildman–Crippen LogP) is 10.5. The Morgan fingerprint density at radius 2 is 1.02 bits per heavy atom. The van der Waals surface area contributed by atoms with Gasteiger partial charge in [-0.2, -0.15) is 5.26 Å². The van der Waals surface area contributed by atoms with Crippen LogP contribution in [0.4, 0.5) is 17.6 Å². The third kappa shape index (κ3) is 4.33. The van der Waals surface area contributed by atoms with Crippen LogP contribution in [0.3, 0.4) is 0 Å². The van der Waals surface area contributed by atoms with Crippen LogP contribution in [0.2, 0.25) is 0 Å². The van der Waals surface area contributed by atoms with Crippen LogP contribution in [0.25, 0.3) is 83.7 Å². The summed E-state index contributed by atoms with van der Waals surface area (Å²) in [7, 11) is 0. The molecule has 10 heteroatoms. The summed E-state index contributed by atoms with van der Waals surface area (Å²) in [5.41, 5.74) is 4.19. The van der Waals surface area contributed by atoms with E-state index in [1.165, 1.54) is 18.2 Å².